The molecule has 0 aliphatic carbocycles. The molecule has 1 unspecified atom stereocenters. The van der Waals surface area contributed by atoms with E-state index in [1.807, 2.05) is 18.2 Å². The van der Waals surface area contributed by atoms with Crippen LogP contribution in [-0.2, 0) is 6.54 Å². The SMILES string of the molecule is C[C@@H](c1nc2ccccc2s1)[NH+](C)Cc1cc(Cl)c2c(c1)OCCO2. The van der Waals surface area contributed by atoms with Gasteiger partial charge in [0.05, 0.1) is 22.3 Å². The van der Waals surface area contributed by atoms with Crippen molar-refractivity contribution in [3.8, 4) is 11.5 Å². The van der Waals surface area contributed by atoms with Crippen molar-refractivity contribution in [3.05, 3.63) is 52.0 Å². The molecule has 4 rings (SSSR count). The highest BCUT2D eigenvalue weighted by Gasteiger charge is 2.22. The summed E-state index contributed by atoms with van der Waals surface area (Å²) in [6, 6.07) is 12.6. The van der Waals surface area contributed by atoms with Crippen molar-refractivity contribution in [1.29, 1.82) is 0 Å². The number of hydrogen-bond donors (Lipinski definition) is 1. The Kier molecular flexibility index (Phi) is 4.54. The average molecular weight is 376 g/mol. The molecule has 2 atom stereocenters. The molecule has 25 heavy (non-hydrogen) atoms. The van der Waals surface area contributed by atoms with E-state index in [0.717, 1.165) is 28.4 Å². The summed E-state index contributed by atoms with van der Waals surface area (Å²) in [7, 11) is 2.18. The molecule has 0 radical (unpaired) electrons. The molecule has 0 spiro atoms. The molecule has 3 aromatic rings. The van der Waals surface area contributed by atoms with Gasteiger partial charge in [-0.25, -0.2) is 4.98 Å². The minimum atomic E-state index is 0.296. The Morgan fingerprint density at radius 1 is 1.24 bits per heavy atom. The van der Waals surface area contributed by atoms with Crippen LogP contribution in [0, 0.1) is 0 Å². The predicted molar refractivity (Wildman–Crippen MR) is 101 cm³/mol. The summed E-state index contributed by atoms with van der Waals surface area (Å²) in [6.07, 6.45) is 0. The lowest BCUT2D eigenvalue weighted by Gasteiger charge is -2.23. The minimum Gasteiger partial charge on any atom is -0.486 e. The second-order valence-electron chi connectivity index (χ2n) is 6.37. The lowest BCUT2D eigenvalue weighted by atomic mass is 10.1. The molecule has 1 aliphatic heterocycles. The summed E-state index contributed by atoms with van der Waals surface area (Å²) in [5, 5.41) is 1.77. The van der Waals surface area contributed by atoms with Crippen LogP contribution in [-0.4, -0.2) is 25.2 Å². The fourth-order valence-corrected chi connectivity index (χ4v) is 4.43. The smallest absolute Gasteiger partial charge is 0.179 e. The molecule has 0 bridgehead atoms. The third-order valence-electron chi connectivity index (χ3n) is 4.56. The van der Waals surface area contributed by atoms with Crippen LogP contribution >= 0.6 is 22.9 Å². The van der Waals surface area contributed by atoms with Gasteiger partial charge in [0.15, 0.2) is 16.5 Å². The first-order chi connectivity index (χ1) is 12.1. The molecule has 0 saturated heterocycles. The van der Waals surface area contributed by atoms with E-state index in [0.29, 0.717) is 30.0 Å². The summed E-state index contributed by atoms with van der Waals surface area (Å²) < 4.78 is 12.5. The van der Waals surface area contributed by atoms with Crippen molar-refractivity contribution in [3.63, 3.8) is 0 Å². The number of hydrogen-bond acceptors (Lipinski definition) is 4. The molecule has 2 aromatic carbocycles. The van der Waals surface area contributed by atoms with Gasteiger partial charge in [0.1, 0.15) is 25.8 Å². The molecule has 1 aliphatic rings. The second kappa shape index (κ2) is 6.83. The number of halogens is 1. The minimum absolute atomic E-state index is 0.296. The third kappa shape index (κ3) is 3.32. The zero-order chi connectivity index (χ0) is 17.4. The molecule has 1 aromatic heterocycles. The number of nitrogens with one attached hydrogen (secondary N) is 1. The van der Waals surface area contributed by atoms with Gasteiger partial charge in [0.25, 0.3) is 0 Å². The van der Waals surface area contributed by atoms with Crippen LogP contribution in [0.5, 0.6) is 11.5 Å². The van der Waals surface area contributed by atoms with Gasteiger partial charge in [-0.2, -0.15) is 0 Å². The van der Waals surface area contributed by atoms with Gasteiger partial charge in [-0.1, -0.05) is 23.7 Å². The number of para-hydroxylation sites is 1. The van der Waals surface area contributed by atoms with E-state index in [4.69, 9.17) is 26.1 Å². The molecule has 0 amide bonds. The number of nitrogens with zero attached hydrogens (tertiary/aromatic N) is 1. The van der Waals surface area contributed by atoms with Crippen molar-refractivity contribution >= 4 is 33.2 Å². The molecule has 2 heterocycles. The number of thiazole rings is 1. The Hall–Kier alpha value is -1.82. The van der Waals surface area contributed by atoms with E-state index in [2.05, 4.69) is 32.2 Å². The maximum atomic E-state index is 6.36. The van der Waals surface area contributed by atoms with Gasteiger partial charge in [0.2, 0.25) is 0 Å². The maximum Gasteiger partial charge on any atom is 0.179 e. The molecule has 4 nitrogen and oxygen atoms in total. The summed E-state index contributed by atoms with van der Waals surface area (Å²) >= 11 is 8.12. The fourth-order valence-electron chi connectivity index (χ4n) is 3.03. The highest BCUT2D eigenvalue weighted by atomic mass is 35.5. The van der Waals surface area contributed by atoms with Gasteiger partial charge in [-0.05, 0) is 31.2 Å². The normalized spacial score (nSPS) is 16.0. The Morgan fingerprint density at radius 2 is 2.04 bits per heavy atom. The molecule has 0 saturated carbocycles. The van der Waals surface area contributed by atoms with Crippen LogP contribution in [0.1, 0.15) is 23.5 Å². The molecule has 1 N–H and O–H groups in total. The number of fused-ring (bicyclic) bond motifs is 2. The highest BCUT2D eigenvalue weighted by molar-refractivity contribution is 7.18. The van der Waals surface area contributed by atoms with Gasteiger partial charge in [-0.3, -0.25) is 0 Å². The summed E-state index contributed by atoms with van der Waals surface area (Å²) in [4.78, 5) is 6.14. The number of rotatable bonds is 4. The molecular formula is C19H20ClN2O2S+. The second-order valence-corrected chi connectivity index (χ2v) is 7.84. The Morgan fingerprint density at radius 3 is 2.88 bits per heavy atom. The van der Waals surface area contributed by atoms with Crippen molar-refractivity contribution < 1.29 is 14.4 Å². The molecule has 130 valence electrons. The Balaban J connectivity index is 1.54. The first-order valence-corrected chi connectivity index (χ1v) is 9.57. The molecular weight excluding hydrogens is 356 g/mol. The predicted octanol–water partition coefficient (Wildman–Crippen LogP) is 3.50. The number of ether oxygens (including phenoxy) is 2. The largest absolute Gasteiger partial charge is 0.486 e. The monoisotopic (exact) mass is 375 g/mol. The van der Waals surface area contributed by atoms with E-state index < -0.39 is 0 Å². The standard InChI is InChI=1S/C19H19ClN2O2S/c1-12(19-21-15-5-3-4-6-17(15)25-19)22(2)11-13-9-14(20)18-16(10-13)23-7-8-24-18/h3-6,9-10,12H,7-8,11H2,1-2H3/p+1/t12-/m0/s1. The Bertz CT molecular complexity index is 879. The maximum absolute atomic E-state index is 6.36. The van der Waals surface area contributed by atoms with Crippen LogP contribution < -0.4 is 14.4 Å². The first kappa shape index (κ1) is 16.6. The lowest BCUT2D eigenvalue weighted by molar-refractivity contribution is -0.923. The van der Waals surface area contributed by atoms with E-state index in [-0.39, 0.29) is 0 Å². The van der Waals surface area contributed by atoms with Crippen LogP contribution in [0.25, 0.3) is 10.2 Å². The number of aromatic nitrogens is 1. The topological polar surface area (TPSA) is 35.8 Å². The van der Waals surface area contributed by atoms with E-state index >= 15 is 0 Å². The van der Waals surface area contributed by atoms with Crippen LogP contribution in [0.2, 0.25) is 5.02 Å². The number of benzene rings is 2. The highest BCUT2D eigenvalue weighted by Crippen LogP contribution is 2.38. The van der Waals surface area contributed by atoms with Crippen molar-refractivity contribution in [2.75, 3.05) is 20.3 Å². The summed E-state index contributed by atoms with van der Waals surface area (Å²) in [6.45, 7) is 4.17. The van der Waals surface area contributed by atoms with Crippen LogP contribution in [0.15, 0.2) is 36.4 Å². The zero-order valence-corrected chi connectivity index (χ0v) is 15.8. The quantitative estimate of drug-likeness (QED) is 0.758. The van der Waals surface area contributed by atoms with E-state index in [1.54, 1.807) is 11.3 Å². The van der Waals surface area contributed by atoms with Gasteiger partial charge < -0.3 is 14.4 Å². The van der Waals surface area contributed by atoms with E-state index in [9.17, 15) is 0 Å². The summed E-state index contributed by atoms with van der Waals surface area (Å²) in [5.41, 5.74) is 2.21. The van der Waals surface area contributed by atoms with Crippen molar-refractivity contribution in [1.82, 2.24) is 4.98 Å². The zero-order valence-electron chi connectivity index (χ0n) is 14.2. The van der Waals surface area contributed by atoms with E-state index in [1.165, 1.54) is 9.60 Å². The van der Waals surface area contributed by atoms with Gasteiger partial charge in [-0.15, -0.1) is 11.3 Å². The number of quaternary nitrogens is 1. The van der Waals surface area contributed by atoms with Crippen molar-refractivity contribution in [2.24, 2.45) is 0 Å². The summed E-state index contributed by atoms with van der Waals surface area (Å²) in [5.74, 6) is 1.41. The lowest BCUT2D eigenvalue weighted by Crippen LogP contribution is -3.07. The van der Waals surface area contributed by atoms with Gasteiger partial charge in [0, 0.05) is 5.56 Å². The Labute approximate surface area is 156 Å². The van der Waals surface area contributed by atoms with Crippen LogP contribution in [0.3, 0.4) is 0 Å². The first-order valence-electron chi connectivity index (χ1n) is 8.37. The van der Waals surface area contributed by atoms with Crippen molar-refractivity contribution in [2.45, 2.75) is 19.5 Å². The molecule has 6 heteroatoms. The van der Waals surface area contributed by atoms with Gasteiger partial charge >= 0.3 is 0 Å². The molecule has 0 fully saturated rings. The van der Waals surface area contributed by atoms with Crippen LogP contribution in [0.4, 0.5) is 0 Å². The average Bonchev–Trinajstić information content (AvgIpc) is 3.05. The fraction of sp³-hybridized carbons (Fsp3) is 0.316. The third-order valence-corrected chi connectivity index (χ3v) is 6.06.